The van der Waals surface area contributed by atoms with Crippen LogP contribution in [0.5, 0.6) is 0 Å². The number of hydrogen-bond acceptors (Lipinski definition) is 1. The topological polar surface area (TPSA) is 0 Å². The lowest BCUT2D eigenvalue weighted by Crippen LogP contribution is -2.53. The van der Waals surface area contributed by atoms with Crippen LogP contribution in [0.15, 0.2) is 0 Å². The lowest BCUT2D eigenvalue weighted by Gasteiger charge is -2.49. The molecule has 0 aromatic rings. The Bertz CT molecular complexity index is 317. The summed E-state index contributed by atoms with van der Waals surface area (Å²) >= 11 is 0.999. The summed E-state index contributed by atoms with van der Waals surface area (Å²) in [4.78, 5) is 0. The van der Waals surface area contributed by atoms with Gasteiger partial charge in [-0.15, -0.1) is 11.8 Å². The third kappa shape index (κ3) is 2.19. The monoisotopic (exact) mass is 280 g/mol. The fourth-order valence-corrected chi connectivity index (χ4v) is 4.53. The molecule has 0 atom stereocenters. The van der Waals surface area contributed by atoms with E-state index in [1.54, 1.807) is 6.26 Å². The fraction of sp³-hybridized carbons (Fsp3) is 1.00. The minimum atomic E-state index is -4.04. The van der Waals surface area contributed by atoms with Crippen LogP contribution < -0.4 is 0 Å². The Hall–Kier alpha value is 0.140. The molecule has 4 heteroatoms. The summed E-state index contributed by atoms with van der Waals surface area (Å²) in [5, 5.41) is 0. The van der Waals surface area contributed by atoms with Gasteiger partial charge in [0, 0.05) is 0 Å². The van der Waals surface area contributed by atoms with E-state index in [2.05, 4.69) is 20.8 Å². The van der Waals surface area contributed by atoms with Gasteiger partial charge in [0.2, 0.25) is 0 Å². The SMILES string of the molecule is CSC1(C(F)(F)F)CC(CC2(C(C)(C)C)CC2)C1. The molecule has 0 unspecified atom stereocenters. The molecule has 0 aromatic heterocycles. The van der Waals surface area contributed by atoms with Gasteiger partial charge in [-0.3, -0.25) is 0 Å². The Morgan fingerprint density at radius 3 is 1.89 bits per heavy atom. The maximum atomic E-state index is 13.0. The van der Waals surface area contributed by atoms with Crippen molar-refractivity contribution in [3.05, 3.63) is 0 Å². The third-order valence-electron chi connectivity index (χ3n) is 5.27. The molecule has 2 aliphatic carbocycles. The Balaban J connectivity index is 1.94. The van der Waals surface area contributed by atoms with Gasteiger partial charge < -0.3 is 0 Å². The van der Waals surface area contributed by atoms with Crippen LogP contribution in [0.3, 0.4) is 0 Å². The van der Waals surface area contributed by atoms with Gasteiger partial charge in [-0.2, -0.15) is 13.2 Å². The molecule has 0 radical (unpaired) electrons. The summed E-state index contributed by atoms with van der Waals surface area (Å²) in [5.41, 5.74) is 0.566. The number of alkyl halides is 3. The second kappa shape index (κ2) is 4.07. The summed E-state index contributed by atoms with van der Waals surface area (Å²) in [5.74, 6) is 0.279. The highest BCUT2D eigenvalue weighted by Crippen LogP contribution is 2.66. The van der Waals surface area contributed by atoms with Crippen LogP contribution in [-0.4, -0.2) is 17.2 Å². The second-order valence-electron chi connectivity index (χ2n) is 7.20. The predicted molar refractivity (Wildman–Crippen MR) is 70.8 cm³/mol. The van der Waals surface area contributed by atoms with Gasteiger partial charge in [0.15, 0.2) is 0 Å². The Kier molecular flexibility index (Phi) is 3.29. The van der Waals surface area contributed by atoms with E-state index >= 15 is 0 Å². The van der Waals surface area contributed by atoms with Crippen LogP contribution in [0.2, 0.25) is 0 Å². The van der Waals surface area contributed by atoms with Gasteiger partial charge in [-0.05, 0) is 55.1 Å². The number of rotatable bonds is 3. The molecule has 0 aliphatic heterocycles. The molecule has 2 saturated carbocycles. The summed E-state index contributed by atoms with van der Waals surface area (Å²) in [6, 6.07) is 0. The summed E-state index contributed by atoms with van der Waals surface area (Å²) in [6.07, 6.45) is 1.61. The molecule has 0 N–H and O–H groups in total. The highest BCUT2D eigenvalue weighted by molar-refractivity contribution is 8.00. The van der Waals surface area contributed by atoms with Crippen molar-refractivity contribution in [2.75, 3.05) is 6.26 Å². The number of thioether (sulfide) groups is 1. The van der Waals surface area contributed by atoms with E-state index < -0.39 is 10.9 Å². The zero-order valence-electron chi connectivity index (χ0n) is 11.7. The molecule has 0 nitrogen and oxygen atoms in total. The molecule has 0 bridgehead atoms. The summed E-state index contributed by atoms with van der Waals surface area (Å²) < 4.78 is 37.5. The van der Waals surface area contributed by atoms with Crippen molar-refractivity contribution in [1.29, 1.82) is 0 Å². The fourth-order valence-electron chi connectivity index (χ4n) is 3.49. The van der Waals surface area contributed by atoms with Gasteiger partial charge in [0.25, 0.3) is 0 Å². The van der Waals surface area contributed by atoms with Crippen molar-refractivity contribution in [2.24, 2.45) is 16.7 Å². The van der Waals surface area contributed by atoms with E-state index in [0.29, 0.717) is 18.3 Å². The van der Waals surface area contributed by atoms with Crippen molar-refractivity contribution in [1.82, 2.24) is 0 Å². The van der Waals surface area contributed by atoms with Crippen molar-refractivity contribution < 1.29 is 13.2 Å². The standard InChI is InChI=1S/C14H23F3S/c1-11(2,3)12(5-6-12)7-10-8-13(9-10,18-4)14(15,16)17/h10H,5-9H2,1-4H3. The second-order valence-corrected chi connectivity index (χ2v) is 8.39. The molecule has 0 amide bonds. The Labute approximate surface area is 112 Å². The minimum Gasteiger partial charge on any atom is -0.169 e. The molecule has 0 heterocycles. The first-order valence-electron chi connectivity index (χ1n) is 6.67. The Morgan fingerprint density at radius 2 is 1.61 bits per heavy atom. The molecule has 0 saturated heterocycles. The molecular weight excluding hydrogens is 257 g/mol. The lowest BCUT2D eigenvalue weighted by molar-refractivity contribution is -0.188. The first kappa shape index (κ1) is 14.5. The Morgan fingerprint density at radius 1 is 1.11 bits per heavy atom. The smallest absolute Gasteiger partial charge is 0.169 e. The van der Waals surface area contributed by atoms with Crippen LogP contribution >= 0.6 is 11.8 Å². The molecular formula is C14H23F3S. The van der Waals surface area contributed by atoms with Gasteiger partial charge in [0.1, 0.15) is 4.75 Å². The third-order valence-corrected chi connectivity index (χ3v) is 6.61. The van der Waals surface area contributed by atoms with Crippen LogP contribution in [-0.2, 0) is 0 Å². The summed E-state index contributed by atoms with van der Waals surface area (Å²) in [7, 11) is 0. The quantitative estimate of drug-likeness (QED) is 0.678. The molecule has 2 rings (SSSR count). The van der Waals surface area contributed by atoms with Crippen LogP contribution in [0.4, 0.5) is 13.2 Å². The summed E-state index contributed by atoms with van der Waals surface area (Å²) in [6.45, 7) is 6.68. The van der Waals surface area contributed by atoms with E-state index in [4.69, 9.17) is 0 Å². The van der Waals surface area contributed by atoms with Crippen molar-refractivity contribution >= 4 is 11.8 Å². The zero-order valence-corrected chi connectivity index (χ0v) is 12.5. The zero-order chi connectivity index (χ0) is 13.8. The largest absolute Gasteiger partial charge is 0.403 e. The normalized spacial score (nSPS) is 35.2. The van der Waals surface area contributed by atoms with Gasteiger partial charge in [0.05, 0.1) is 0 Å². The van der Waals surface area contributed by atoms with Gasteiger partial charge in [-0.25, -0.2) is 0 Å². The molecule has 0 aromatic carbocycles. The average Bonchev–Trinajstić information content (AvgIpc) is 2.87. The lowest BCUT2D eigenvalue weighted by atomic mass is 9.64. The first-order valence-corrected chi connectivity index (χ1v) is 7.90. The van der Waals surface area contributed by atoms with Gasteiger partial charge in [-0.1, -0.05) is 20.8 Å². The van der Waals surface area contributed by atoms with Crippen LogP contribution in [0, 0.1) is 16.7 Å². The molecule has 2 fully saturated rings. The average molecular weight is 280 g/mol. The van der Waals surface area contributed by atoms with Crippen LogP contribution in [0.25, 0.3) is 0 Å². The maximum Gasteiger partial charge on any atom is 0.403 e. The first-order chi connectivity index (χ1) is 8.05. The van der Waals surface area contributed by atoms with Gasteiger partial charge >= 0.3 is 6.18 Å². The van der Waals surface area contributed by atoms with E-state index in [0.717, 1.165) is 18.2 Å². The minimum absolute atomic E-state index is 0.239. The van der Waals surface area contributed by atoms with E-state index in [1.807, 2.05) is 0 Å². The maximum absolute atomic E-state index is 13.0. The van der Waals surface area contributed by atoms with E-state index in [1.165, 1.54) is 12.8 Å². The van der Waals surface area contributed by atoms with Crippen molar-refractivity contribution in [3.8, 4) is 0 Å². The molecule has 18 heavy (non-hydrogen) atoms. The van der Waals surface area contributed by atoms with Crippen molar-refractivity contribution in [3.63, 3.8) is 0 Å². The number of halogens is 3. The molecule has 0 spiro atoms. The predicted octanol–water partition coefficient (Wildman–Crippen LogP) is 5.28. The highest BCUT2D eigenvalue weighted by atomic mass is 32.2. The molecule has 2 aliphatic rings. The van der Waals surface area contributed by atoms with E-state index in [-0.39, 0.29) is 11.3 Å². The van der Waals surface area contributed by atoms with E-state index in [9.17, 15) is 13.2 Å². The number of hydrogen-bond donors (Lipinski definition) is 0. The van der Waals surface area contributed by atoms with Crippen molar-refractivity contribution in [2.45, 2.75) is 63.8 Å². The van der Waals surface area contributed by atoms with Crippen LogP contribution in [0.1, 0.15) is 52.9 Å². The molecule has 106 valence electrons. The highest BCUT2D eigenvalue weighted by Gasteiger charge is 2.64.